The van der Waals surface area contributed by atoms with E-state index in [1.54, 1.807) is 17.8 Å². The number of hydrogen-bond acceptors (Lipinski definition) is 5. The number of nitrogens with one attached hydrogen (secondary N) is 3. The molecule has 0 aliphatic rings. The first-order chi connectivity index (χ1) is 10.1. The van der Waals surface area contributed by atoms with Crippen LogP contribution >= 0.6 is 11.3 Å². The Labute approximate surface area is 126 Å². The second-order valence-electron chi connectivity index (χ2n) is 4.92. The molecule has 1 atom stereocenters. The summed E-state index contributed by atoms with van der Waals surface area (Å²) in [5.41, 5.74) is 0. The molecule has 112 valence electrons. The Morgan fingerprint density at radius 2 is 2.14 bits per heavy atom. The molecule has 2 amide bonds. The van der Waals surface area contributed by atoms with Crippen molar-refractivity contribution >= 4 is 28.3 Å². The molecule has 0 radical (unpaired) electrons. The number of carbonyl (C=O) groups excluding carboxylic acids is 2. The van der Waals surface area contributed by atoms with E-state index in [9.17, 15) is 9.59 Å². The first kappa shape index (κ1) is 15.2. The number of aromatic amines is 1. The number of H-pyrrole nitrogens is 1. The van der Waals surface area contributed by atoms with Gasteiger partial charge in [0.05, 0.1) is 0 Å². The van der Waals surface area contributed by atoms with Crippen molar-refractivity contribution in [1.29, 1.82) is 0 Å². The third-order valence-electron chi connectivity index (χ3n) is 2.70. The molecule has 21 heavy (non-hydrogen) atoms. The van der Waals surface area contributed by atoms with Crippen LogP contribution in [0.3, 0.4) is 0 Å². The Kier molecular flexibility index (Phi) is 5.04. The molecule has 7 nitrogen and oxygen atoms in total. The molecule has 3 N–H and O–H groups in total. The summed E-state index contributed by atoms with van der Waals surface area (Å²) in [6.45, 7) is 3.98. The predicted molar refractivity (Wildman–Crippen MR) is 80.0 cm³/mol. The largest absolute Gasteiger partial charge is 0.341 e. The minimum absolute atomic E-state index is 0.186. The van der Waals surface area contributed by atoms with Crippen LogP contribution < -0.4 is 10.6 Å². The molecule has 2 aromatic rings. The van der Waals surface area contributed by atoms with Gasteiger partial charge in [-0.1, -0.05) is 13.8 Å². The van der Waals surface area contributed by atoms with Gasteiger partial charge in [0, 0.05) is 24.0 Å². The fourth-order valence-corrected chi connectivity index (χ4v) is 2.33. The summed E-state index contributed by atoms with van der Waals surface area (Å²) in [5.74, 6) is -0.238. The van der Waals surface area contributed by atoms with Gasteiger partial charge < -0.3 is 15.6 Å². The zero-order valence-electron chi connectivity index (χ0n) is 11.8. The highest BCUT2D eigenvalue weighted by Gasteiger charge is 2.24. The Bertz CT molecular complexity index is 580. The monoisotopic (exact) mass is 307 g/mol. The van der Waals surface area contributed by atoms with E-state index in [0.29, 0.717) is 11.6 Å². The third-order valence-corrected chi connectivity index (χ3v) is 3.39. The maximum Gasteiger partial charge on any atom is 0.287 e. The number of anilines is 1. The molecular weight excluding hydrogens is 290 g/mol. The highest BCUT2D eigenvalue weighted by atomic mass is 32.1. The van der Waals surface area contributed by atoms with E-state index in [-0.39, 0.29) is 17.6 Å². The number of nitrogens with zero attached hydrogens (tertiary/aromatic N) is 2. The maximum atomic E-state index is 12.3. The average Bonchev–Trinajstić information content (AvgIpc) is 3.10. The summed E-state index contributed by atoms with van der Waals surface area (Å²) in [5, 5.41) is 7.68. The van der Waals surface area contributed by atoms with Crippen molar-refractivity contribution in [2.24, 2.45) is 5.92 Å². The van der Waals surface area contributed by atoms with Gasteiger partial charge in [0.2, 0.25) is 5.91 Å². The van der Waals surface area contributed by atoms with Crippen molar-refractivity contribution in [2.45, 2.75) is 26.3 Å². The quantitative estimate of drug-likeness (QED) is 0.755. The summed E-state index contributed by atoms with van der Waals surface area (Å²) >= 11 is 1.33. The van der Waals surface area contributed by atoms with Crippen molar-refractivity contribution in [3.8, 4) is 0 Å². The average molecular weight is 307 g/mol. The fraction of sp³-hybridized carbons (Fsp3) is 0.385. The van der Waals surface area contributed by atoms with Gasteiger partial charge >= 0.3 is 0 Å². The second-order valence-corrected chi connectivity index (χ2v) is 5.81. The van der Waals surface area contributed by atoms with Gasteiger partial charge in [-0.05, 0) is 12.3 Å². The summed E-state index contributed by atoms with van der Waals surface area (Å²) in [6.07, 6.45) is 5.19. The van der Waals surface area contributed by atoms with Gasteiger partial charge in [0.15, 0.2) is 11.0 Å². The Morgan fingerprint density at radius 1 is 1.33 bits per heavy atom. The maximum absolute atomic E-state index is 12.3. The van der Waals surface area contributed by atoms with Gasteiger partial charge in [0.25, 0.3) is 5.91 Å². The number of hydrogen-bond donors (Lipinski definition) is 3. The molecule has 1 unspecified atom stereocenters. The highest BCUT2D eigenvalue weighted by molar-refractivity contribution is 7.13. The van der Waals surface area contributed by atoms with Gasteiger partial charge in [-0.3, -0.25) is 9.59 Å². The number of thiazole rings is 1. The van der Waals surface area contributed by atoms with E-state index >= 15 is 0 Å². The zero-order valence-corrected chi connectivity index (χ0v) is 12.6. The van der Waals surface area contributed by atoms with Crippen LogP contribution in [0.25, 0.3) is 0 Å². The molecule has 0 saturated carbocycles. The van der Waals surface area contributed by atoms with E-state index in [2.05, 4.69) is 25.6 Å². The topological polar surface area (TPSA) is 99.8 Å². The number of rotatable bonds is 6. The van der Waals surface area contributed by atoms with E-state index < -0.39 is 11.9 Å². The van der Waals surface area contributed by atoms with Crippen LogP contribution in [-0.4, -0.2) is 32.8 Å². The minimum Gasteiger partial charge on any atom is -0.341 e. The van der Waals surface area contributed by atoms with Crippen molar-refractivity contribution in [1.82, 2.24) is 20.3 Å². The van der Waals surface area contributed by atoms with Crippen LogP contribution in [0.4, 0.5) is 5.13 Å². The number of aromatic nitrogens is 3. The molecule has 0 aliphatic carbocycles. The molecule has 0 aromatic carbocycles. The molecule has 0 bridgehead atoms. The molecule has 2 heterocycles. The number of amides is 2. The first-order valence-electron chi connectivity index (χ1n) is 6.57. The Balaban J connectivity index is 2.03. The summed E-state index contributed by atoms with van der Waals surface area (Å²) < 4.78 is 0. The van der Waals surface area contributed by atoms with Crippen LogP contribution in [0.15, 0.2) is 24.0 Å². The Morgan fingerprint density at radius 3 is 2.71 bits per heavy atom. The van der Waals surface area contributed by atoms with Crippen LogP contribution in [0.2, 0.25) is 0 Å². The lowest BCUT2D eigenvalue weighted by Crippen LogP contribution is -2.44. The lowest BCUT2D eigenvalue weighted by atomic mass is 10.0. The lowest BCUT2D eigenvalue weighted by molar-refractivity contribution is -0.118. The standard InChI is InChI=1S/C13H17N5O2S/c1-8(2)7-9(11(19)18-13-16-5-6-21-13)17-12(20)10-14-3-4-15-10/h3-6,8-9H,7H2,1-2H3,(H,14,15)(H,17,20)(H,16,18,19). The Hall–Kier alpha value is -2.22. The van der Waals surface area contributed by atoms with Crippen LogP contribution in [0, 0.1) is 5.92 Å². The molecule has 2 rings (SSSR count). The SMILES string of the molecule is CC(C)CC(NC(=O)c1ncc[nH]1)C(=O)Nc1nccs1. The van der Waals surface area contributed by atoms with Crippen LogP contribution in [0.5, 0.6) is 0 Å². The van der Waals surface area contributed by atoms with E-state index in [1.165, 1.54) is 17.5 Å². The van der Waals surface area contributed by atoms with Gasteiger partial charge in [-0.25, -0.2) is 9.97 Å². The molecule has 0 spiro atoms. The molecule has 0 saturated heterocycles. The highest BCUT2D eigenvalue weighted by Crippen LogP contribution is 2.13. The molecular formula is C13H17N5O2S. The smallest absolute Gasteiger partial charge is 0.287 e. The molecule has 2 aromatic heterocycles. The summed E-state index contributed by atoms with van der Waals surface area (Å²) in [7, 11) is 0. The number of imidazole rings is 1. The van der Waals surface area contributed by atoms with E-state index in [1.807, 2.05) is 13.8 Å². The predicted octanol–water partition coefficient (Wildman–Crippen LogP) is 1.65. The summed E-state index contributed by atoms with van der Waals surface area (Å²) in [4.78, 5) is 34.9. The van der Waals surface area contributed by atoms with Gasteiger partial charge in [0.1, 0.15) is 6.04 Å². The van der Waals surface area contributed by atoms with Crippen molar-refractivity contribution in [2.75, 3.05) is 5.32 Å². The second kappa shape index (κ2) is 6.98. The normalized spacial score (nSPS) is 12.1. The zero-order chi connectivity index (χ0) is 15.2. The van der Waals surface area contributed by atoms with Crippen molar-refractivity contribution < 1.29 is 9.59 Å². The lowest BCUT2D eigenvalue weighted by Gasteiger charge is -2.18. The van der Waals surface area contributed by atoms with Gasteiger partial charge in [-0.15, -0.1) is 11.3 Å². The van der Waals surface area contributed by atoms with E-state index in [0.717, 1.165) is 0 Å². The molecule has 0 aliphatic heterocycles. The van der Waals surface area contributed by atoms with Crippen molar-refractivity contribution in [3.05, 3.63) is 29.8 Å². The van der Waals surface area contributed by atoms with E-state index in [4.69, 9.17) is 0 Å². The summed E-state index contributed by atoms with van der Waals surface area (Å²) in [6, 6.07) is -0.633. The molecule has 0 fully saturated rings. The first-order valence-corrected chi connectivity index (χ1v) is 7.45. The number of carbonyl (C=O) groups is 2. The van der Waals surface area contributed by atoms with Crippen molar-refractivity contribution in [3.63, 3.8) is 0 Å². The molecule has 8 heteroatoms. The minimum atomic E-state index is -0.633. The van der Waals surface area contributed by atoms with Gasteiger partial charge in [-0.2, -0.15) is 0 Å². The van der Waals surface area contributed by atoms with Crippen LogP contribution in [0.1, 0.15) is 30.9 Å². The third kappa shape index (κ3) is 4.38. The fourth-order valence-electron chi connectivity index (χ4n) is 1.80. The van der Waals surface area contributed by atoms with Crippen LogP contribution in [-0.2, 0) is 4.79 Å².